The Bertz CT molecular complexity index is 202. The largest absolute Gasteiger partial charge is 0.543 e. The Morgan fingerprint density at radius 2 is 1.58 bits per heavy atom. The van der Waals surface area contributed by atoms with Crippen LogP contribution in [0.1, 0.15) is 12.8 Å². The lowest BCUT2D eigenvalue weighted by molar-refractivity contribution is -0.147. The molecule has 0 rings (SSSR count). The van der Waals surface area contributed by atoms with Crippen molar-refractivity contribution in [3.8, 4) is 0 Å². The summed E-state index contributed by atoms with van der Waals surface area (Å²) in [6, 6.07) is 0. The molecule has 5 nitrogen and oxygen atoms in total. The maximum absolute atomic E-state index is 10.7. The van der Waals surface area contributed by atoms with Gasteiger partial charge in [0.1, 0.15) is 0 Å². The molecule has 0 aromatic heterocycles. The molecule has 0 spiro atoms. The first-order valence-corrected chi connectivity index (χ1v) is 3.29. The number of carbonyl (C=O) groups is 3. The zero-order chi connectivity index (χ0) is 9.56. The predicted molar refractivity (Wildman–Crippen MR) is 43.5 cm³/mol. The predicted octanol–water partition coefficient (Wildman–Crippen LogP) is -2.48. The van der Waals surface area contributed by atoms with Gasteiger partial charge in [-0.25, -0.2) is 4.79 Å². The van der Waals surface area contributed by atoms with E-state index in [1.54, 1.807) is 0 Å². The fourth-order valence-corrected chi connectivity index (χ4v) is 0.534. The molecule has 0 saturated carbocycles. The average Bonchev–Trinajstić information content (AvgIpc) is 2.11. The molecule has 12 heavy (non-hydrogen) atoms. The van der Waals surface area contributed by atoms with Gasteiger partial charge in [-0.3, -0.25) is 9.59 Å². The van der Waals surface area contributed by atoms with E-state index in [-0.39, 0.29) is 12.8 Å². The lowest BCUT2D eigenvalue weighted by Crippen LogP contribution is -2.17. The van der Waals surface area contributed by atoms with Gasteiger partial charge in [0.15, 0.2) is 0 Å². The van der Waals surface area contributed by atoms with Crippen molar-refractivity contribution in [1.82, 2.24) is 0 Å². The summed E-state index contributed by atoms with van der Waals surface area (Å²) < 4.78 is 8.41. The van der Waals surface area contributed by atoms with Crippen LogP contribution in [0.4, 0.5) is 0 Å². The number of hydrogen-bond donors (Lipinski definition) is 0. The van der Waals surface area contributed by atoms with Crippen molar-refractivity contribution in [2.75, 3.05) is 0 Å². The highest BCUT2D eigenvalue weighted by molar-refractivity contribution is 6.37. The van der Waals surface area contributed by atoms with Gasteiger partial charge in [0, 0.05) is 6.42 Å². The molecule has 0 N–H and O–H groups in total. The van der Waals surface area contributed by atoms with Crippen LogP contribution >= 0.6 is 0 Å². The molecule has 0 amide bonds. The normalized spacial score (nSPS) is 8.67. The van der Waals surface area contributed by atoms with Gasteiger partial charge in [-0.2, -0.15) is 0 Å². The highest BCUT2D eigenvalue weighted by atomic mass is 16.5. The molecule has 64 valence electrons. The molecule has 0 aliphatic rings. The summed E-state index contributed by atoms with van der Waals surface area (Å²) in [5.74, 6) is -2.17. The van der Waals surface area contributed by atoms with Gasteiger partial charge >= 0.3 is 22.1 Å². The average molecular weight is 170 g/mol. The van der Waals surface area contributed by atoms with Gasteiger partial charge in [-0.05, 0) is 0 Å². The van der Waals surface area contributed by atoms with Crippen LogP contribution in [0.2, 0.25) is 0 Å². The van der Waals surface area contributed by atoms with Crippen LogP contribution in [-0.2, 0) is 23.7 Å². The molecule has 0 saturated heterocycles. The third kappa shape index (κ3) is 3.80. The van der Waals surface area contributed by atoms with Crippen LogP contribution in [0.15, 0.2) is 0 Å². The van der Waals surface area contributed by atoms with E-state index in [4.69, 9.17) is 0 Å². The van der Waals surface area contributed by atoms with Crippen molar-refractivity contribution in [2.24, 2.45) is 0 Å². The summed E-state index contributed by atoms with van der Waals surface area (Å²) >= 11 is 0. The quantitative estimate of drug-likeness (QED) is 0.345. The Morgan fingerprint density at radius 1 is 1.00 bits per heavy atom. The molecule has 0 aliphatic carbocycles. The van der Waals surface area contributed by atoms with E-state index in [2.05, 4.69) is 9.31 Å². The third-order valence-corrected chi connectivity index (χ3v) is 1.20. The SMILES string of the molecule is BOC(=O)CCC(=O)C(=O)OB. The summed E-state index contributed by atoms with van der Waals surface area (Å²) in [5.41, 5.74) is 0. The second-order valence-corrected chi connectivity index (χ2v) is 1.99. The van der Waals surface area contributed by atoms with Crippen molar-refractivity contribution in [2.45, 2.75) is 12.8 Å². The van der Waals surface area contributed by atoms with E-state index in [1.807, 2.05) is 0 Å². The first kappa shape index (κ1) is 10.7. The maximum atomic E-state index is 10.7. The van der Waals surface area contributed by atoms with Gasteiger partial charge in [0.05, 0.1) is 6.42 Å². The summed E-state index contributed by atoms with van der Waals surface area (Å²) in [6.07, 6.45) is -0.260. The van der Waals surface area contributed by atoms with Crippen LogP contribution in [-0.4, -0.2) is 33.8 Å². The standard InChI is InChI=1S/C5H8B2O5/c6-11-4(9)2-1-3(8)5(10)12-7/h1-2,6-7H2. The molecular formula is C5H8B2O5. The molecule has 0 unspecified atom stereocenters. The number of Topliss-reactive ketones (excluding diaryl/α,β-unsaturated/α-hetero) is 1. The molecule has 0 radical (unpaired) electrons. The van der Waals surface area contributed by atoms with Crippen molar-refractivity contribution in [3.05, 3.63) is 0 Å². The highest BCUT2D eigenvalue weighted by Gasteiger charge is 2.14. The maximum Gasteiger partial charge on any atom is 0.356 e. The van der Waals surface area contributed by atoms with Gasteiger partial charge in [0.25, 0.3) is 5.97 Å². The Labute approximate surface area is 71.3 Å². The number of rotatable bonds is 4. The number of hydrogen-bond acceptors (Lipinski definition) is 5. The third-order valence-electron chi connectivity index (χ3n) is 1.20. The van der Waals surface area contributed by atoms with E-state index in [0.29, 0.717) is 0 Å². The second-order valence-electron chi connectivity index (χ2n) is 1.99. The molecule has 0 aliphatic heterocycles. The molecule has 0 aromatic rings. The minimum atomic E-state index is -0.932. The Balaban J connectivity index is 3.72. The molecule has 0 fully saturated rings. The van der Waals surface area contributed by atoms with Crippen molar-refractivity contribution < 1.29 is 23.7 Å². The van der Waals surface area contributed by atoms with Crippen LogP contribution in [0, 0.1) is 0 Å². The lowest BCUT2D eigenvalue weighted by atomic mass is 10.2. The fourth-order valence-electron chi connectivity index (χ4n) is 0.534. The topological polar surface area (TPSA) is 69.7 Å². The van der Waals surface area contributed by atoms with Gasteiger partial charge in [-0.15, -0.1) is 0 Å². The Hall–Kier alpha value is -1.26. The molecule has 0 bridgehead atoms. The first-order chi connectivity index (χ1) is 5.61. The van der Waals surface area contributed by atoms with E-state index in [9.17, 15) is 14.4 Å². The minimum absolute atomic E-state index is 0.0928. The zero-order valence-corrected chi connectivity index (χ0v) is 6.96. The summed E-state index contributed by atoms with van der Waals surface area (Å²) in [6.45, 7) is 0. The number of carbonyl (C=O) groups excluding carboxylic acids is 3. The van der Waals surface area contributed by atoms with Crippen LogP contribution in [0.25, 0.3) is 0 Å². The minimum Gasteiger partial charge on any atom is -0.543 e. The van der Waals surface area contributed by atoms with Crippen LogP contribution < -0.4 is 0 Å². The van der Waals surface area contributed by atoms with Gasteiger partial charge < -0.3 is 9.31 Å². The van der Waals surface area contributed by atoms with Crippen LogP contribution in [0.3, 0.4) is 0 Å². The van der Waals surface area contributed by atoms with E-state index < -0.39 is 17.7 Å². The van der Waals surface area contributed by atoms with Crippen LogP contribution in [0.5, 0.6) is 0 Å². The molecule has 0 aromatic carbocycles. The first-order valence-electron chi connectivity index (χ1n) is 3.29. The van der Waals surface area contributed by atoms with E-state index in [1.165, 1.54) is 8.05 Å². The summed E-state index contributed by atoms with van der Waals surface area (Å²) in [7, 11) is 2.32. The molecule has 0 heterocycles. The summed E-state index contributed by atoms with van der Waals surface area (Å²) in [5, 5.41) is 0. The summed E-state index contributed by atoms with van der Waals surface area (Å²) in [4.78, 5) is 31.7. The fraction of sp³-hybridized carbons (Fsp3) is 0.400. The molecule has 7 heteroatoms. The molecular weight excluding hydrogens is 162 g/mol. The van der Waals surface area contributed by atoms with E-state index >= 15 is 0 Å². The smallest absolute Gasteiger partial charge is 0.356 e. The van der Waals surface area contributed by atoms with Gasteiger partial charge in [0.2, 0.25) is 5.78 Å². The van der Waals surface area contributed by atoms with Crippen molar-refractivity contribution >= 4 is 33.8 Å². The van der Waals surface area contributed by atoms with Crippen molar-refractivity contribution in [1.29, 1.82) is 0 Å². The zero-order valence-electron chi connectivity index (χ0n) is 6.96. The highest BCUT2D eigenvalue weighted by Crippen LogP contribution is 1.94. The lowest BCUT2D eigenvalue weighted by Gasteiger charge is -1.98. The Kier molecular flexibility index (Phi) is 4.83. The second kappa shape index (κ2) is 5.40. The van der Waals surface area contributed by atoms with Crippen molar-refractivity contribution in [3.63, 3.8) is 0 Å². The monoisotopic (exact) mass is 170 g/mol. The molecule has 0 atom stereocenters. The van der Waals surface area contributed by atoms with Gasteiger partial charge in [-0.1, -0.05) is 0 Å². The Morgan fingerprint density at radius 3 is 2.00 bits per heavy atom. The number of ketones is 1. The van der Waals surface area contributed by atoms with E-state index in [0.717, 1.165) is 8.05 Å².